The Hall–Kier alpha value is -2.19. The van der Waals surface area contributed by atoms with E-state index >= 15 is 0 Å². The molecule has 0 unspecified atom stereocenters. The van der Waals surface area contributed by atoms with Gasteiger partial charge in [0, 0.05) is 0 Å². The lowest BCUT2D eigenvalue weighted by atomic mass is 9.32. The number of fused-ring (bicyclic) bond motifs is 7. The third kappa shape index (κ3) is 7.81. The largest absolute Gasteiger partial charge is 0.475 e. The first-order chi connectivity index (χ1) is 24.3. The number of ether oxygens (including phenoxy) is 1. The number of allylic oxidation sites excluding steroid dienone is 1. The molecular formula is C44H73NO7. The molecule has 5 saturated carbocycles. The smallest absolute Gasteiger partial charge is 0.374 e. The highest BCUT2D eigenvalue weighted by molar-refractivity contribution is 5.92. The Morgan fingerprint density at radius 3 is 1.92 bits per heavy atom. The van der Waals surface area contributed by atoms with Gasteiger partial charge in [0.15, 0.2) is 0 Å². The summed E-state index contributed by atoms with van der Waals surface area (Å²) < 4.78 is 4.08. The maximum Gasteiger partial charge on any atom is 0.374 e. The van der Waals surface area contributed by atoms with Gasteiger partial charge in [-0.25, -0.2) is 4.79 Å². The fourth-order valence-corrected chi connectivity index (χ4v) is 13.2. The third-order valence-electron chi connectivity index (χ3n) is 16.5. The summed E-state index contributed by atoms with van der Waals surface area (Å²) in [6.07, 6.45) is 13.8. The molecule has 6 rings (SSSR count). The number of esters is 2. The van der Waals surface area contributed by atoms with Crippen molar-refractivity contribution >= 4 is 17.9 Å². The Morgan fingerprint density at radius 2 is 1.42 bits per heavy atom. The molecule has 0 spiro atoms. The van der Waals surface area contributed by atoms with E-state index in [-0.39, 0.29) is 24.0 Å². The predicted octanol–water partition coefficient (Wildman–Crippen LogP) is 10.0. The number of carboxylic acids is 1. The van der Waals surface area contributed by atoms with Crippen LogP contribution in [0.5, 0.6) is 0 Å². The van der Waals surface area contributed by atoms with Crippen LogP contribution >= 0.6 is 0 Å². The average molecular weight is 728 g/mol. The van der Waals surface area contributed by atoms with E-state index < -0.39 is 17.9 Å². The number of hydrogen-bond acceptors (Lipinski definition) is 7. The molecule has 1 N–H and O–H groups in total. The predicted molar refractivity (Wildman–Crippen MR) is 206 cm³/mol. The molecule has 1 saturated heterocycles. The lowest BCUT2D eigenvalue weighted by molar-refractivity contribution is -0.289. The summed E-state index contributed by atoms with van der Waals surface area (Å²) in [7, 11) is 0. The first kappa shape index (κ1) is 42.6. The zero-order valence-electron chi connectivity index (χ0n) is 34.5. The summed E-state index contributed by atoms with van der Waals surface area (Å²) in [5.74, 6) is 1.78. The number of cyclic esters (lactones) is 2. The fourth-order valence-electron chi connectivity index (χ4n) is 13.2. The van der Waals surface area contributed by atoms with E-state index in [1.807, 2.05) is 0 Å². The fraction of sp³-hybridized carbons (Fsp3) is 0.841. The van der Waals surface area contributed by atoms with Gasteiger partial charge < -0.3 is 19.6 Å². The molecule has 1 heterocycles. The minimum absolute atomic E-state index is 0.113. The monoisotopic (exact) mass is 728 g/mol. The number of carbonyl (C=O) groups is 3. The average Bonchev–Trinajstić information content (AvgIpc) is 3.64. The van der Waals surface area contributed by atoms with Crippen LogP contribution in [-0.4, -0.2) is 54.2 Å². The van der Waals surface area contributed by atoms with Gasteiger partial charge in [0.05, 0.1) is 19.4 Å². The Bertz CT molecular complexity index is 1320. The molecule has 0 amide bonds. The number of nitrogens with zero attached hydrogens (tertiary/aromatic N) is 1. The Balaban J connectivity index is 0.000000362. The molecule has 0 aromatic rings. The number of carboxylic acid groups (broad SMARTS) is 1. The molecule has 5 aliphatic carbocycles. The topological polar surface area (TPSA) is 102 Å². The van der Waals surface area contributed by atoms with E-state index in [1.165, 1.54) is 83.0 Å². The summed E-state index contributed by atoms with van der Waals surface area (Å²) in [6.45, 7) is 36.3. The molecule has 8 heteroatoms. The molecule has 6 fully saturated rings. The summed E-state index contributed by atoms with van der Waals surface area (Å²) in [6, 6.07) is 0. The van der Waals surface area contributed by atoms with Crippen LogP contribution in [0.2, 0.25) is 0 Å². The second-order valence-corrected chi connectivity index (χ2v) is 19.0. The van der Waals surface area contributed by atoms with Crippen molar-refractivity contribution in [2.75, 3.05) is 26.2 Å². The van der Waals surface area contributed by atoms with Crippen molar-refractivity contribution in [3.05, 3.63) is 24.5 Å². The minimum Gasteiger partial charge on any atom is -0.475 e. The van der Waals surface area contributed by atoms with Crippen LogP contribution in [0.4, 0.5) is 0 Å². The van der Waals surface area contributed by atoms with Crippen molar-refractivity contribution in [3.63, 3.8) is 0 Å². The maximum atomic E-state index is 11.1. The summed E-state index contributed by atoms with van der Waals surface area (Å²) in [5, 5.41) is 9.04. The van der Waals surface area contributed by atoms with Crippen molar-refractivity contribution in [1.82, 2.24) is 4.90 Å². The second kappa shape index (κ2) is 16.3. The van der Waals surface area contributed by atoms with Gasteiger partial charge in [0.25, 0.3) is 0 Å². The molecular weight excluding hydrogens is 654 g/mol. The van der Waals surface area contributed by atoms with Crippen molar-refractivity contribution in [3.8, 4) is 0 Å². The van der Waals surface area contributed by atoms with E-state index in [4.69, 9.17) is 14.9 Å². The van der Waals surface area contributed by atoms with Crippen LogP contribution in [0.1, 0.15) is 146 Å². The Morgan fingerprint density at radius 1 is 0.808 bits per heavy atom. The van der Waals surface area contributed by atoms with Gasteiger partial charge in [-0.1, -0.05) is 74.5 Å². The van der Waals surface area contributed by atoms with Gasteiger partial charge in [-0.3, -0.25) is 9.59 Å². The molecule has 1 aliphatic heterocycles. The first-order valence-electron chi connectivity index (χ1n) is 20.6. The molecule has 0 radical (unpaired) electrons. The van der Waals surface area contributed by atoms with E-state index in [0.717, 1.165) is 24.2 Å². The van der Waals surface area contributed by atoms with Crippen LogP contribution < -0.4 is 0 Å². The highest BCUT2D eigenvalue weighted by Crippen LogP contribution is 2.77. The third-order valence-corrected chi connectivity index (χ3v) is 16.5. The standard InChI is InChI=1S/C34H54O4.C6H15N.C4H4O3/c1-21(2)24-13-15-31(6)18-19-33(8)25(28(24)31)10-11-27-32(7)16-12-23(20-37-38-22(3)29(35)36)30(4,5)26(32)14-17-34(27,33)9;1-4-7(5-2)6-3;5-3-1-2-4(6)7-3/h23-28H,1,3,10-20H2,2,4-9H3,(H,35,36);4-6H2,1-3H3;1-2H2/t23-,24+,25-,26+,27-,28-,31-,32+,33-,34-;;/m1../s1. The molecule has 6 aliphatic rings. The normalized spacial score (nSPS) is 40.0. The van der Waals surface area contributed by atoms with Crippen molar-refractivity contribution < 1.29 is 34.0 Å². The highest BCUT2D eigenvalue weighted by Gasteiger charge is 2.70. The number of carbonyl (C=O) groups excluding carboxylic acids is 2. The maximum absolute atomic E-state index is 11.1. The van der Waals surface area contributed by atoms with E-state index in [2.05, 4.69) is 92.0 Å². The zero-order valence-corrected chi connectivity index (χ0v) is 34.5. The minimum atomic E-state index is -1.17. The quantitative estimate of drug-likeness (QED) is 0.0476. The Kier molecular flexibility index (Phi) is 13.3. The summed E-state index contributed by atoms with van der Waals surface area (Å²) in [4.78, 5) is 43.9. The van der Waals surface area contributed by atoms with Crippen LogP contribution in [0.3, 0.4) is 0 Å². The summed E-state index contributed by atoms with van der Waals surface area (Å²) in [5.41, 5.74) is 3.17. The van der Waals surface area contributed by atoms with Crippen LogP contribution in [0, 0.1) is 62.6 Å². The zero-order chi connectivity index (χ0) is 38.9. The molecule has 8 nitrogen and oxygen atoms in total. The summed E-state index contributed by atoms with van der Waals surface area (Å²) >= 11 is 0. The van der Waals surface area contributed by atoms with Gasteiger partial charge in [-0.05, 0) is 160 Å². The van der Waals surface area contributed by atoms with E-state index in [1.54, 1.807) is 0 Å². The van der Waals surface area contributed by atoms with Gasteiger partial charge >= 0.3 is 17.9 Å². The van der Waals surface area contributed by atoms with Crippen LogP contribution in [-0.2, 0) is 28.9 Å². The number of rotatable bonds is 9. The van der Waals surface area contributed by atoms with Gasteiger partial charge in [0.1, 0.15) is 0 Å². The molecule has 10 atom stereocenters. The SMILES string of the molecule is C=C(OOC[C@H]1CC[C@]2(C)[C@H]3CC[C@@H]4[C@H]5[C@H](C(=C)C)CC[C@]5(C)CC[C@@]4(C)[C@]3(C)CC[C@H]2C1(C)C)C(=O)O.CCN(CC)CC.O=C1CCC(=O)O1. The van der Waals surface area contributed by atoms with Crippen molar-refractivity contribution in [2.45, 2.75) is 146 Å². The lowest BCUT2D eigenvalue weighted by Gasteiger charge is -2.73. The molecule has 0 aromatic carbocycles. The first-order valence-corrected chi connectivity index (χ1v) is 20.6. The van der Waals surface area contributed by atoms with E-state index in [9.17, 15) is 14.4 Å². The lowest BCUT2D eigenvalue weighted by Crippen LogP contribution is -2.66. The highest BCUT2D eigenvalue weighted by atomic mass is 17.2. The number of aliphatic carboxylic acids is 1. The molecule has 0 bridgehead atoms. The van der Waals surface area contributed by atoms with Crippen LogP contribution in [0.15, 0.2) is 24.5 Å². The molecule has 52 heavy (non-hydrogen) atoms. The van der Waals surface area contributed by atoms with Gasteiger partial charge in [-0.15, -0.1) is 0 Å². The molecule has 0 aromatic heterocycles. The Labute approximate surface area is 315 Å². The van der Waals surface area contributed by atoms with Gasteiger partial charge in [0.2, 0.25) is 5.76 Å². The van der Waals surface area contributed by atoms with Crippen LogP contribution in [0.25, 0.3) is 0 Å². The molecule has 296 valence electrons. The van der Waals surface area contributed by atoms with E-state index in [0.29, 0.717) is 46.0 Å². The second-order valence-electron chi connectivity index (χ2n) is 19.0. The number of hydrogen-bond donors (Lipinski definition) is 1. The van der Waals surface area contributed by atoms with Crippen molar-refractivity contribution in [2.24, 2.45) is 62.6 Å². The van der Waals surface area contributed by atoms with Crippen molar-refractivity contribution in [1.29, 1.82) is 0 Å². The van der Waals surface area contributed by atoms with Gasteiger partial charge in [-0.2, -0.15) is 4.89 Å².